The SMILES string of the molecule is CCNC(=S)N1C[C@H](C(=O)NCCC(C)C)[C@H](c2ccc(F)cc2)C1. The van der Waals surface area contributed by atoms with Gasteiger partial charge in [0.25, 0.3) is 0 Å². The van der Waals surface area contributed by atoms with Gasteiger partial charge in [-0.1, -0.05) is 26.0 Å². The average molecular weight is 366 g/mol. The summed E-state index contributed by atoms with van der Waals surface area (Å²) in [4.78, 5) is 14.8. The number of carbonyl (C=O) groups excluding carboxylic acids is 1. The number of likely N-dealkylation sites (tertiary alicyclic amines) is 1. The molecule has 0 spiro atoms. The van der Waals surface area contributed by atoms with Gasteiger partial charge in [-0.2, -0.15) is 0 Å². The van der Waals surface area contributed by atoms with Crippen molar-refractivity contribution < 1.29 is 9.18 Å². The number of carbonyl (C=O) groups is 1. The molecule has 0 bridgehead atoms. The number of hydrogen-bond acceptors (Lipinski definition) is 2. The van der Waals surface area contributed by atoms with Gasteiger partial charge in [-0.05, 0) is 49.2 Å². The number of halogens is 1. The van der Waals surface area contributed by atoms with Gasteiger partial charge in [-0.15, -0.1) is 0 Å². The third kappa shape index (κ3) is 5.39. The standard InChI is InChI=1S/C19H28FN3OS/c1-4-21-19(25)23-11-16(14-5-7-15(20)8-6-14)17(12-23)18(24)22-10-9-13(2)3/h5-8,13,16-17H,4,9-12H2,1-3H3,(H,21,25)(H,22,24)/t16-,17-/m0/s1. The van der Waals surface area contributed by atoms with Crippen LogP contribution in [-0.2, 0) is 4.79 Å². The number of nitrogens with zero attached hydrogens (tertiary/aromatic N) is 1. The summed E-state index contributed by atoms with van der Waals surface area (Å²) >= 11 is 5.42. The van der Waals surface area contributed by atoms with Gasteiger partial charge in [0.1, 0.15) is 5.82 Å². The van der Waals surface area contributed by atoms with E-state index in [0.717, 1.165) is 18.5 Å². The van der Waals surface area contributed by atoms with Gasteiger partial charge in [0.05, 0.1) is 5.92 Å². The molecule has 0 unspecified atom stereocenters. The summed E-state index contributed by atoms with van der Waals surface area (Å²) in [6, 6.07) is 6.45. The van der Waals surface area contributed by atoms with Crippen LogP contribution < -0.4 is 10.6 Å². The van der Waals surface area contributed by atoms with Gasteiger partial charge >= 0.3 is 0 Å². The van der Waals surface area contributed by atoms with Gasteiger partial charge in [-0.25, -0.2) is 4.39 Å². The number of rotatable bonds is 6. The molecule has 1 heterocycles. The third-order valence-corrected chi connectivity index (χ3v) is 4.99. The summed E-state index contributed by atoms with van der Waals surface area (Å²) in [5.74, 6) is 0.163. The monoisotopic (exact) mass is 365 g/mol. The first-order valence-corrected chi connectivity index (χ1v) is 9.39. The van der Waals surface area contributed by atoms with Crippen molar-refractivity contribution in [3.05, 3.63) is 35.6 Å². The minimum atomic E-state index is -0.264. The predicted molar refractivity (Wildman–Crippen MR) is 103 cm³/mol. The molecule has 1 aliphatic rings. The van der Waals surface area contributed by atoms with Crippen LogP contribution in [-0.4, -0.2) is 42.1 Å². The van der Waals surface area contributed by atoms with Crippen molar-refractivity contribution >= 4 is 23.2 Å². The Morgan fingerprint density at radius 2 is 1.96 bits per heavy atom. The second kappa shape index (κ2) is 9.13. The van der Waals surface area contributed by atoms with Crippen molar-refractivity contribution in [1.29, 1.82) is 0 Å². The first-order chi connectivity index (χ1) is 11.9. The molecule has 1 aromatic carbocycles. The van der Waals surface area contributed by atoms with Crippen molar-refractivity contribution in [2.45, 2.75) is 33.1 Å². The Morgan fingerprint density at radius 3 is 2.56 bits per heavy atom. The van der Waals surface area contributed by atoms with E-state index in [0.29, 0.717) is 30.7 Å². The van der Waals surface area contributed by atoms with Crippen molar-refractivity contribution in [3.63, 3.8) is 0 Å². The fourth-order valence-corrected chi connectivity index (χ4v) is 3.45. The average Bonchev–Trinajstić information content (AvgIpc) is 3.01. The van der Waals surface area contributed by atoms with E-state index in [9.17, 15) is 9.18 Å². The van der Waals surface area contributed by atoms with Crippen LogP contribution in [0.15, 0.2) is 24.3 Å². The smallest absolute Gasteiger partial charge is 0.225 e. The van der Waals surface area contributed by atoms with E-state index >= 15 is 0 Å². The second-order valence-electron chi connectivity index (χ2n) is 6.98. The predicted octanol–water partition coefficient (Wildman–Crippen LogP) is 2.90. The van der Waals surface area contributed by atoms with E-state index in [1.807, 2.05) is 11.8 Å². The minimum absolute atomic E-state index is 0.0104. The Bertz CT molecular complexity index is 591. The molecule has 0 saturated carbocycles. The molecule has 2 rings (SSSR count). The molecule has 4 nitrogen and oxygen atoms in total. The minimum Gasteiger partial charge on any atom is -0.363 e. The maximum atomic E-state index is 13.3. The Hall–Kier alpha value is -1.69. The maximum Gasteiger partial charge on any atom is 0.225 e. The molecular weight excluding hydrogens is 337 g/mol. The largest absolute Gasteiger partial charge is 0.363 e. The van der Waals surface area contributed by atoms with Gasteiger partial charge in [-0.3, -0.25) is 4.79 Å². The van der Waals surface area contributed by atoms with Crippen LogP contribution in [0.2, 0.25) is 0 Å². The van der Waals surface area contributed by atoms with Gasteiger partial charge in [0, 0.05) is 32.1 Å². The van der Waals surface area contributed by atoms with Gasteiger partial charge < -0.3 is 15.5 Å². The van der Waals surface area contributed by atoms with Crippen LogP contribution in [0.25, 0.3) is 0 Å². The molecule has 0 aromatic heterocycles. The lowest BCUT2D eigenvalue weighted by molar-refractivity contribution is -0.124. The maximum absolute atomic E-state index is 13.3. The van der Waals surface area contributed by atoms with E-state index < -0.39 is 0 Å². The molecular formula is C19H28FN3OS. The molecule has 1 amide bonds. The van der Waals surface area contributed by atoms with Crippen molar-refractivity contribution in [2.75, 3.05) is 26.2 Å². The van der Waals surface area contributed by atoms with Gasteiger partial charge in [0.15, 0.2) is 5.11 Å². The highest BCUT2D eigenvalue weighted by Gasteiger charge is 2.39. The molecule has 1 aliphatic heterocycles. The lowest BCUT2D eigenvalue weighted by Crippen LogP contribution is -2.40. The zero-order chi connectivity index (χ0) is 18.4. The van der Waals surface area contributed by atoms with Crippen molar-refractivity contribution in [1.82, 2.24) is 15.5 Å². The molecule has 25 heavy (non-hydrogen) atoms. The zero-order valence-corrected chi connectivity index (χ0v) is 16.0. The molecule has 1 saturated heterocycles. The lowest BCUT2D eigenvalue weighted by atomic mass is 9.88. The Balaban J connectivity index is 2.12. The van der Waals surface area contributed by atoms with E-state index in [2.05, 4.69) is 24.5 Å². The fraction of sp³-hybridized carbons (Fsp3) is 0.579. The summed E-state index contributed by atoms with van der Waals surface area (Å²) in [5.41, 5.74) is 0.979. The third-order valence-electron chi connectivity index (χ3n) is 4.59. The van der Waals surface area contributed by atoms with Crippen molar-refractivity contribution in [3.8, 4) is 0 Å². The summed E-state index contributed by atoms with van der Waals surface area (Å²) in [6.45, 7) is 8.96. The van der Waals surface area contributed by atoms with Crippen LogP contribution in [0.1, 0.15) is 38.7 Å². The number of thiocarbonyl (C=S) groups is 1. The normalized spacial score (nSPS) is 20.0. The first kappa shape index (κ1) is 19.6. The van der Waals surface area contributed by atoms with Crippen LogP contribution >= 0.6 is 12.2 Å². The highest BCUT2D eigenvalue weighted by molar-refractivity contribution is 7.80. The lowest BCUT2D eigenvalue weighted by Gasteiger charge is -2.19. The van der Waals surface area contributed by atoms with Crippen LogP contribution in [0.4, 0.5) is 4.39 Å². The van der Waals surface area contributed by atoms with E-state index in [4.69, 9.17) is 12.2 Å². The first-order valence-electron chi connectivity index (χ1n) is 8.98. The Labute approximate surface area is 155 Å². The van der Waals surface area contributed by atoms with Crippen molar-refractivity contribution in [2.24, 2.45) is 11.8 Å². The van der Waals surface area contributed by atoms with Crippen LogP contribution in [0.5, 0.6) is 0 Å². The summed E-state index contributed by atoms with van der Waals surface area (Å²) < 4.78 is 13.3. The summed E-state index contributed by atoms with van der Waals surface area (Å²) in [5, 5.41) is 6.88. The van der Waals surface area contributed by atoms with E-state index in [1.54, 1.807) is 12.1 Å². The zero-order valence-electron chi connectivity index (χ0n) is 15.2. The Morgan fingerprint density at radius 1 is 1.28 bits per heavy atom. The molecule has 0 radical (unpaired) electrons. The van der Waals surface area contributed by atoms with E-state index in [1.165, 1.54) is 12.1 Å². The molecule has 1 fully saturated rings. The quantitative estimate of drug-likeness (QED) is 0.761. The highest BCUT2D eigenvalue weighted by Crippen LogP contribution is 2.33. The molecule has 0 aliphatic carbocycles. The molecule has 1 aromatic rings. The van der Waals surface area contributed by atoms with Crippen LogP contribution in [0, 0.1) is 17.7 Å². The van der Waals surface area contributed by atoms with Crippen LogP contribution in [0.3, 0.4) is 0 Å². The number of amides is 1. The van der Waals surface area contributed by atoms with Gasteiger partial charge in [0.2, 0.25) is 5.91 Å². The summed E-state index contributed by atoms with van der Waals surface area (Å²) in [6.07, 6.45) is 0.958. The molecule has 2 atom stereocenters. The number of benzene rings is 1. The number of nitrogens with one attached hydrogen (secondary N) is 2. The highest BCUT2D eigenvalue weighted by atomic mass is 32.1. The van der Waals surface area contributed by atoms with E-state index in [-0.39, 0.29) is 23.6 Å². The molecule has 138 valence electrons. The molecule has 6 heteroatoms. The topological polar surface area (TPSA) is 44.4 Å². The second-order valence-corrected chi connectivity index (χ2v) is 7.37. The molecule has 2 N–H and O–H groups in total. The summed E-state index contributed by atoms with van der Waals surface area (Å²) in [7, 11) is 0. The number of hydrogen-bond donors (Lipinski definition) is 2. The Kier molecular flexibility index (Phi) is 7.17. The fourth-order valence-electron chi connectivity index (χ4n) is 3.16.